The summed E-state index contributed by atoms with van der Waals surface area (Å²) in [6.07, 6.45) is 4.05. The molecule has 3 heterocycles. The smallest absolute Gasteiger partial charge is 0.255 e. The number of pyridine rings is 1. The molecule has 0 aromatic carbocycles. The number of likely N-dealkylation sites (tertiary alicyclic amines) is 1. The molecule has 128 valence electrons. The fraction of sp³-hybridized carbons (Fsp3) is 0.500. The van der Waals surface area contributed by atoms with Gasteiger partial charge in [0, 0.05) is 38.5 Å². The number of ether oxygens (including phenoxy) is 2. The van der Waals surface area contributed by atoms with E-state index in [4.69, 9.17) is 14.0 Å². The summed E-state index contributed by atoms with van der Waals surface area (Å²) in [6.45, 7) is 2.52. The third kappa shape index (κ3) is 3.95. The molecule has 0 aliphatic carbocycles. The Morgan fingerprint density at radius 2 is 2.38 bits per heavy atom. The van der Waals surface area contributed by atoms with Crippen LogP contribution >= 0.6 is 0 Å². The van der Waals surface area contributed by atoms with Crippen molar-refractivity contribution >= 4 is 5.91 Å². The summed E-state index contributed by atoms with van der Waals surface area (Å²) in [5.74, 6) is 1.14. The van der Waals surface area contributed by atoms with Crippen LogP contribution in [0.1, 0.15) is 34.4 Å². The van der Waals surface area contributed by atoms with Gasteiger partial charge in [-0.15, -0.1) is 0 Å². The molecule has 1 aliphatic heterocycles. The van der Waals surface area contributed by atoms with Crippen LogP contribution in [0.25, 0.3) is 0 Å². The first kappa shape index (κ1) is 16.5. The van der Waals surface area contributed by atoms with Gasteiger partial charge in [0.15, 0.2) is 5.82 Å². The fourth-order valence-electron chi connectivity index (χ4n) is 2.62. The molecular formula is C16H20N4O4. The first-order valence-electron chi connectivity index (χ1n) is 7.86. The molecule has 24 heavy (non-hydrogen) atoms. The van der Waals surface area contributed by atoms with E-state index < -0.39 is 0 Å². The monoisotopic (exact) mass is 332 g/mol. The minimum absolute atomic E-state index is 0.0165. The highest BCUT2D eigenvalue weighted by molar-refractivity contribution is 5.94. The first-order valence-corrected chi connectivity index (χ1v) is 7.86. The molecule has 0 saturated carbocycles. The summed E-state index contributed by atoms with van der Waals surface area (Å²) in [4.78, 5) is 22.6. The Labute approximate surface area is 139 Å². The van der Waals surface area contributed by atoms with Gasteiger partial charge < -0.3 is 18.9 Å². The average Bonchev–Trinajstić information content (AvgIpc) is 3.28. The molecule has 0 radical (unpaired) electrons. The molecule has 1 unspecified atom stereocenters. The van der Waals surface area contributed by atoms with E-state index in [1.165, 1.54) is 0 Å². The van der Waals surface area contributed by atoms with Crippen LogP contribution in [0.2, 0.25) is 0 Å². The van der Waals surface area contributed by atoms with Crippen LogP contribution < -0.4 is 0 Å². The Balaban J connectivity index is 1.54. The highest BCUT2D eigenvalue weighted by Crippen LogP contribution is 2.26. The topological polar surface area (TPSA) is 90.6 Å². The van der Waals surface area contributed by atoms with Gasteiger partial charge in [0.25, 0.3) is 11.8 Å². The number of carbonyl (C=O) groups excluding carboxylic acids is 1. The molecule has 1 fully saturated rings. The molecular weight excluding hydrogens is 312 g/mol. The SMILES string of the molecule is COCCOCc1nc(C2CCN(C(=O)c3cccnc3)C2)no1. The van der Waals surface area contributed by atoms with Gasteiger partial charge in [0.2, 0.25) is 0 Å². The molecule has 2 aromatic rings. The second kappa shape index (κ2) is 7.98. The van der Waals surface area contributed by atoms with Crippen molar-refractivity contribution in [1.29, 1.82) is 0 Å². The van der Waals surface area contributed by atoms with Gasteiger partial charge in [-0.25, -0.2) is 0 Å². The lowest BCUT2D eigenvalue weighted by atomic mass is 10.1. The zero-order chi connectivity index (χ0) is 16.8. The van der Waals surface area contributed by atoms with E-state index in [-0.39, 0.29) is 18.4 Å². The Morgan fingerprint density at radius 1 is 1.46 bits per heavy atom. The van der Waals surface area contributed by atoms with Crippen LogP contribution in [0.3, 0.4) is 0 Å². The number of hydrogen-bond donors (Lipinski definition) is 0. The highest BCUT2D eigenvalue weighted by atomic mass is 16.5. The van der Waals surface area contributed by atoms with Crippen LogP contribution in [0.15, 0.2) is 29.0 Å². The average molecular weight is 332 g/mol. The highest BCUT2D eigenvalue weighted by Gasteiger charge is 2.31. The molecule has 8 heteroatoms. The van der Waals surface area contributed by atoms with E-state index in [0.29, 0.717) is 43.6 Å². The van der Waals surface area contributed by atoms with Crippen molar-refractivity contribution in [2.75, 3.05) is 33.4 Å². The fourth-order valence-corrected chi connectivity index (χ4v) is 2.62. The maximum Gasteiger partial charge on any atom is 0.255 e. The number of rotatable bonds is 7. The third-order valence-electron chi connectivity index (χ3n) is 3.89. The summed E-state index contributed by atoms with van der Waals surface area (Å²) in [7, 11) is 1.62. The molecule has 2 aromatic heterocycles. The van der Waals surface area contributed by atoms with Crippen molar-refractivity contribution in [3.63, 3.8) is 0 Å². The lowest BCUT2D eigenvalue weighted by Gasteiger charge is -2.15. The molecule has 0 spiro atoms. The third-order valence-corrected chi connectivity index (χ3v) is 3.89. The maximum absolute atomic E-state index is 12.4. The molecule has 1 amide bonds. The van der Waals surface area contributed by atoms with Crippen LogP contribution in [0, 0.1) is 0 Å². The maximum atomic E-state index is 12.4. The number of aromatic nitrogens is 3. The van der Waals surface area contributed by atoms with Gasteiger partial charge in [-0.2, -0.15) is 4.98 Å². The van der Waals surface area contributed by atoms with Crippen molar-refractivity contribution in [2.45, 2.75) is 18.9 Å². The summed E-state index contributed by atoms with van der Waals surface area (Å²) in [6, 6.07) is 3.53. The van der Waals surface area contributed by atoms with Gasteiger partial charge in [0.05, 0.1) is 18.8 Å². The number of hydrogen-bond acceptors (Lipinski definition) is 7. The first-order chi connectivity index (χ1) is 11.8. The Hall–Kier alpha value is -2.32. The summed E-state index contributed by atoms with van der Waals surface area (Å²) < 4.78 is 15.5. The van der Waals surface area contributed by atoms with Crippen LogP contribution in [-0.4, -0.2) is 59.3 Å². The minimum Gasteiger partial charge on any atom is -0.382 e. The van der Waals surface area contributed by atoms with Crippen LogP contribution in [-0.2, 0) is 16.1 Å². The van der Waals surface area contributed by atoms with Crippen molar-refractivity contribution in [3.05, 3.63) is 41.8 Å². The number of carbonyl (C=O) groups is 1. The lowest BCUT2D eigenvalue weighted by molar-refractivity contribution is 0.0494. The van der Waals surface area contributed by atoms with Crippen molar-refractivity contribution < 1.29 is 18.8 Å². The van der Waals surface area contributed by atoms with Crippen LogP contribution in [0.4, 0.5) is 0 Å². The van der Waals surface area contributed by atoms with Gasteiger partial charge in [-0.1, -0.05) is 5.16 Å². The van der Waals surface area contributed by atoms with E-state index in [1.807, 2.05) is 0 Å². The van der Waals surface area contributed by atoms with Crippen molar-refractivity contribution in [3.8, 4) is 0 Å². The van der Waals surface area contributed by atoms with E-state index >= 15 is 0 Å². The Bertz CT molecular complexity index is 661. The van der Waals surface area contributed by atoms with E-state index in [0.717, 1.165) is 6.42 Å². The summed E-state index contributed by atoms with van der Waals surface area (Å²) >= 11 is 0. The Kier molecular flexibility index (Phi) is 5.50. The molecule has 0 N–H and O–H groups in total. The second-order valence-corrected chi connectivity index (χ2v) is 5.57. The number of nitrogens with zero attached hydrogens (tertiary/aromatic N) is 4. The van der Waals surface area contributed by atoms with E-state index in [1.54, 1.807) is 36.5 Å². The normalized spacial score (nSPS) is 17.4. The zero-order valence-electron chi connectivity index (χ0n) is 13.6. The predicted molar refractivity (Wildman–Crippen MR) is 83.3 cm³/mol. The van der Waals surface area contributed by atoms with Gasteiger partial charge in [0.1, 0.15) is 6.61 Å². The zero-order valence-corrected chi connectivity index (χ0v) is 13.6. The molecule has 1 atom stereocenters. The summed E-state index contributed by atoms with van der Waals surface area (Å²) in [5.41, 5.74) is 0.596. The van der Waals surface area contributed by atoms with Crippen molar-refractivity contribution in [1.82, 2.24) is 20.0 Å². The number of amides is 1. The second-order valence-electron chi connectivity index (χ2n) is 5.57. The quantitative estimate of drug-likeness (QED) is 0.705. The largest absolute Gasteiger partial charge is 0.382 e. The van der Waals surface area contributed by atoms with Gasteiger partial charge >= 0.3 is 0 Å². The minimum atomic E-state index is -0.0165. The lowest BCUT2D eigenvalue weighted by Crippen LogP contribution is -2.28. The van der Waals surface area contributed by atoms with E-state index in [2.05, 4.69) is 15.1 Å². The Morgan fingerprint density at radius 3 is 3.17 bits per heavy atom. The standard InChI is InChI=1S/C16H20N4O4/c1-22-7-8-23-11-14-18-15(19-24-14)13-4-6-20(10-13)16(21)12-3-2-5-17-9-12/h2-3,5,9,13H,4,6-8,10-11H2,1H3. The predicted octanol–water partition coefficient (Wildman–Crippen LogP) is 1.26. The van der Waals surface area contributed by atoms with E-state index in [9.17, 15) is 4.79 Å². The van der Waals surface area contributed by atoms with Gasteiger partial charge in [-0.3, -0.25) is 9.78 Å². The van der Waals surface area contributed by atoms with Gasteiger partial charge in [-0.05, 0) is 18.6 Å². The molecule has 3 rings (SSSR count). The number of methoxy groups -OCH3 is 1. The summed E-state index contributed by atoms with van der Waals surface area (Å²) in [5, 5.41) is 4.02. The molecule has 8 nitrogen and oxygen atoms in total. The molecule has 1 saturated heterocycles. The van der Waals surface area contributed by atoms with Crippen LogP contribution in [0.5, 0.6) is 0 Å². The molecule has 0 bridgehead atoms. The molecule has 1 aliphatic rings. The van der Waals surface area contributed by atoms with Crippen molar-refractivity contribution in [2.24, 2.45) is 0 Å².